The second-order valence-corrected chi connectivity index (χ2v) is 7.21. The highest BCUT2D eigenvalue weighted by atomic mass is 35.5. The quantitative estimate of drug-likeness (QED) is 0.762. The molecule has 0 aliphatic carbocycles. The summed E-state index contributed by atoms with van der Waals surface area (Å²) < 4.78 is 0. The Hall–Kier alpha value is -2.41. The van der Waals surface area contributed by atoms with Crippen LogP contribution in [0.15, 0.2) is 48.5 Å². The van der Waals surface area contributed by atoms with Crippen molar-refractivity contribution >= 4 is 23.5 Å². The number of piperazine rings is 1. The van der Waals surface area contributed by atoms with E-state index in [1.165, 1.54) is 16.7 Å². The third-order valence-corrected chi connectivity index (χ3v) is 4.70. The van der Waals surface area contributed by atoms with Gasteiger partial charge in [0.05, 0.1) is 0 Å². The molecule has 0 spiro atoms. The molecule has 0 aromatic heterocycles. The fourth-order valence-corrected chi connectivity index (χ4v) is 3.16. The molecule has 0 radical (unpaired) electrons. The molecule has 150 valence electrons. The molecule has 0 saturated carbocycles. The highest BCUT2D eigenvalue weighted by Crippen LogP contribution is 2.15. The Morgan fingerprint density at radius 1 is 0.857 bits per heavy atom. The molecule has 28 heavy (non-hydrogen) atoms. The van der Waals surface area contributed by atoms with Gasteiger partial charge < -0.3 is 10.2 Å². The first-order valence-corrected chi connectivity index (χ1v) is 9.42. The Morgan fingerprint density at radius 3 is 1.82 bits per heavy atom. The monoisotopic (exact) mass is 404 g/mol. The van der Waals surface area contributed by atoms with Gasteiger partial charge in [-0.3, -0.25) is 9.80 Å². The number of carboxylic acid groups (broad SMARTS) is 2. The van der Waals surface area contributed by atoms with Gasteiger partial charge >= 0.3 is 11.9 Å². The maximum absolute atomic E-state index is 9.10. The van der Waals surface area contributed by atoms with Gasteiger partial charge in [0.25, 0.3) is 0 Å². The van der Waals surface area contributed by atoms with E-state index in [9.17, 15) is 0 Å². The summed E-state index contributed by atoms with van der Waals surface area (Å²) >= 11 is 6.06. The van der Waals surface area contributed by atoms with E-state index in [0.29, 0.717) is 0 Å². The van der Waals surface area contributed by atoms with E-state index >= 15 is 0 Å². The first-order valence-electron chi connectivity index (χ1n) is 9.04. The van der Waals surface area contributed by atoms with Crippen LogP contribution < -0.4 is 0 Å². The number of nitrogens with zero attached hydrogens (tertiary/aromatic N) is 2. The number of hydrogen-bond donors (Lipinski definition) is 2. The highest BCUT2D eigenvalue weighted by molar-refractivity contribution is 6.30. The van der Waals surface area contributed by atoms with Gasteiger partial charge in [0.15, 0.2) is 0 Å². The highest BCUT2D eigenvalue weighted by Gasteiger charge is 2.17. The zero-order chi connectivity index (χ0) is 20.5. The predicted octanol–water partition coefficient (Wildman–Crippen LogP) is 3.12. The molecular weight excluding hydrogens is 380 g/mol. The normalized spacial score (nSPS) is 14.8. The molecule has 2 N–H and O–H groups in total. The van der Waals surface area contributed by atoms with Crippen LogP contribution in [-0.4, -0.2) is 58.1 Å². The number of hydrogen-bond acceptors (Lipinski definition) is 4. The third kappa shape index (κ3) is 7.68. The van der Waals surface area contributed by atoms with Crippen LogP contribution in [0.3, 0.4) is 0 Å². The minimum atomic E-state index is -1.82. The zero-order valence-corrected chi connectivity index (χ0v) is 16.6. The Morgan fingerprint density at radius 2 is 1.36 bits per heavy atom. The molecule has 1 aliphatic heterocycles. The van der Waals surface area contributed by atoms with Gasteiger partial charge in [-0.15, -0.1) is 0 Å². The van der Waals surface area contributed by atoms with E-state index in [1.54, 1.807) is 0 Å². The van der Waals surface area contributed by atoms with Crippen LogP contribution in [0.2, 0.25) is 5.02 Å². The van der Waals surface area contributed by atoms with Crippen molar-refractivity contribution in [1.82, 2.24) is 9.80 Å². The molecule has 1 aliphatic rings. The molecule has 7 heteroatoms. The van der Waals surface area contributed by atoms with Crippen LogP contribution in [0.25, 0.3) is 0 Å². The Balaban J connectivity index is 0.000000409. The molecule has 6 nitrogen and oxygen atoms in total. The van der Waals surface area contributed by atoms with Crippen molar-refractivity contribution in [1.29, 1.82) is 0 Å². The fourth-order valence-electron chi connectivity index (χ4n) is 2.95. The summed E-state index contributed by atoms with van der Waals surface area (Å²) in [5.41, 5.74) is 4.04. The molecule has 2 aromatic carbocycles. The number of aliphatic carboxylic acids is 2. The van der Waals surface area contributed by atoms with Gasteiger partial charge in [-0.25, -0.2) is 9.59 Å². The molecule has 0 bridgehead atoms. The average Bonchev–Trinajstić information content (AvgIpc) is 2.66. The van der Waals surface area contributed by atoms with Gasteiger partial charge in [0, 0.05) is 44.3 Å². The van der Waals surface area contributed by atoms with E-state index in [4.69, 9.17) is 31.4 Å². The van der Waals surface area contributed by atoms with E-state index in [1.807, 2.05) is 12.1 Å². The lowest BCUT2D eigenvalue weighted by atomic mass is 10.1. The van der Waals surface area contributed by atoms with Crippen molar-refractivity contribution in [2.75, 3.05) is 26.2 Å². The van der Waals surface area contributed by atoms with Crippen LogP contribution >= 0.6 is 11.6 Å². The summed E-state index contributed by atoms with van der Waals surface area (Å²) in [7, 11) is 0. The summed E-state index contributed by atoms with van der Waals surface area (Å²) in [5, 5.41) is 15.6. The lowest BCUT2D eigenvalue weighted by Gasteiger charge is -2.34. The van der Waals surface area contributed by atoms with Crippen molar-refractivity contribution in [2.24, 2.45) is 0 Å². The lowest BCUT2D eigenvalue weighted by molar-refractivity contribution is -0.159. The molecule has 3 rings (SSSR count). The molecule has 0 atom stereocenters. The second kappa shape index (κ2) is 10.8. The van der Waals surface area contributed by atoms with Gasteiger partial charge in [0.2, 0.25) is 0 Å². The topological polar surface area (TPSA) is 81.1 Å². The Labute approximate surface area is 170 Å². The van der Waals surface area contributed by atoms with E-state index in [0.717, 1.165) is 44.3 Å². The van der Waals surface area contributed by atoms with Crippen molar-refractivity contribution < 1.29 is 19.8 Å². The number of rotatable bonds is 4. The molecule has 1 saturated heterocycles. The predicted molar refractivity (Wildman–Crippen MR) is 108 cm³/mol. The number of halogens is 1. The molecule has 1 heterocycles. The van der Waals surface area contributed by atoms with Crippen LogP contribution in [0, 0.1) is 6.92 Å². The van der Waals surface area contributed by atoms with E-state index in [2.05, 4.69) is 53.1 Å². The van der Waals surface area contributed by atoms with Crippen LogP contribution in [0.4, 0.5) is 0 Å². The third-order valence-electron chi connectivity index (χ3n) is 4.47. The number of aryl methyl sites for hydroxylation is 1. The van der Waals surface area contributed by atoms with Gasteiger partial charge in [-0.2, -0.15) is 0 Å². The number of benzene rings is 2. The van der Waals surface area contributed by atoms with Gasteiger partial charge in [0.1, 0.15) is 0 Å². The fraction of sp³-hybridized carbons (Fsp3) is 0.333. The van der Waals surface area contributed by atoms with E-state index < -0.39 is 11.9 Å². The number of carbonyl (C=O) groups is 2. The van der Waals surface area contributed by atoms with Gasteiger partial charge in [-0.1, -0.05) is 53.6 Å². The minimum absolute atomic E-state index is 0.829. The maximum Gasteiger partial charge on any atom is 0.414 e. The average molecular weight is 405 g/mol. The van der Waals surface area contributed by atoms with Crippen molar-refractivity contribution in [2.45, 2.75) is 20.0 Å². The zero-order valence-electron chi connectivity index (χ0n) is 15.8. The van der Waals surface area contributed by atoms with Crippen LogP contribution in [0.1, 0.15) is 16.7 Å². The summed E-state index contributed by atoms with van der Waals surface area (Å²) in [6.45, 7) is 8.71. The smallest absolute Gasteiger partial charge is 0.414 e. The number of carboxylic acids is 2. The molecular formula is C21H25ClN2O4. The molecule has 0 unspecified atom stereocenters. The van der Waals surface area contributed by atoms with Crippen LogP contribution in [0.5, 0.6) is 0 Å². The summed E-state index contributed by atoms with van der Waals surface area (Å²) in [6.07, 6.45) is 0. The largest absolute Gasteiger partial charge is 0.473 e. The second-order valence-electron chi connectivity index (χ2n) is 6.78. The molecule has 0 amide bonds. The Bertz CT molecular complexity index is 775. The molecule has 2 aromatic rings. The van der Waals surface area contributed by atoms with Crippen molar-refractivity contribution in [3.63, 3.8) is 0 Å². The van der Waals surface area contributed by atoms with E-state index in [-0.39, 0.29) is 0 Å². The summed E-state index contributed by atoms with van der Waals surface area (Å²) in [6, 6.07) is 17.1. The first kappa shape index (κ1) is 21.9. The molecule has 1 fully saturated rings. The van der Waals surface area contributed by atoms with Gasteiger partial charge in [-0.05, 0) is 30.2 Å². The lowest BCUT2D eigenvalue weighted by Crippen LogP contribution is -2.45. The summed E-state index contributed by atoms with van der Waals surface area (Å²) in [5.74, 6) is -3.65. The SMILES string of the molecule is Cc1ccc(CN2CCN(Cc3cccc(Cl)c3)CC2)cc1.O=C(O)C(=O)O. The van der Waals surface area contributed by atoms with Crippen molar-refractivity contribution in [3.8, 4) is 0 Å². The van der Waals surface area contributed by atoms with Crippen molar-refractivity contribution in [3.05, 3.63) is 70.2 Å². The summed E-state index contributed by atoms with van der Waals surface area (Å²) in [4.78, 5) is 23.3. The standard InChI is InChI=1S/C19H23ClN2.C2H2O4/c1-16-5-7-17(8-6-16)14-21-9-11-22(12-10-21)15-18-3-2-4-19(20)13-18;3-1(4)2(5)6/h2-8,13H,9-12,14-15H2,1H3;(H,3,4)(H,5,6). The maximum atomic E-state index is 9.10. The van der Waals surface area contributed by atoms with Crippen LogP contribution in [-0.2, 0) is 22.7 Å². The minimum Gasteiger partial charge on any atom is -0.473 e. The first-order chi connectivity index (χ1) is 13.3. The Kier molecular flexibility index (Phi) is 8.44.